The maximum absolute atomic E-state index is 13.1. The molecule has 0 spiro atoms. The Morgan fingerprint density at radius 2 is 2.07 bits per heavy atom. The number of amides is 1. The summed E-state index contributed by atoms with van der Waals surface area (Å²) in [5, 5.41) is 17.8. The Morgan fingerprint density at radius 3 is 2.82 bits per heavy atom. The predicted molar refractivity (Wildman–Crippen MR) is 107 cm³/mol. The zero-order valence-electron chi connectivity index (χ0n) is 16.2. The van der Waals surface area contributed by atoms with Crippen molar-refractivity contribution in [2.24, 2.45) is 0 Å². The van der Waals surface area contributed by atoms with Gasteiger partial charge in [-0.1, -0.05) is 30.7 Å². The van der Waals surface area contributed by atoms with Crippen LogP contribution in [0.3, 0.4) is 0 Å². The number of nitrogens with one attached hydrogen (secondary N) is 1. The highest BCUT2D eigenvalue weighted by Gasteiger charge is 2.42. The fourth-order valence-electron chi connectivity index (χ4n) is 3.87. The second-order valence-electron chi connectivity index (χ2n) is 7.06. The van der Waals surface area contributed by atoms with Gasteiger partial charge in [0.1, 0.15) is 22.9 Å². The van der Waals surface area contributed by atoms with E-state index in [0.29, 0.717) is 23.5 Å². The molecule has 144 valence electrons. The van der Waals surface area contributed by atoms with Gasteiger partial charge >= 0.3 is 0 Å². The molecule has 2 N–H and O–H groups in total. The number of benzene rings is 2. The minimum atomic E-state index is -0.286. The quantitative estimate of drug-likeness (QED) is 0.703. The average molecular weight is 377 g/mol. The molecule has 0 aliphatic carbocycles. The summed E-state index contributed by atoms with van der Waals surface area (Å²) in [7, 11) is 1.63. The SMILES string of the molecule is CCCN1C(=O)c2[nH]nc(-c3cc(C)ccc3O)c2C1c1cccc(OC)c1. The summed E-state index contributed by atoms with van der Waals surface area (Å²) in [6, 6.07) is 12.9. The molecular weight excluding hydrogens is 354 g/mol. The Labute approximate surface area is 163 Å². The lowest BCUT2D eigenvalue weighted by atomic mass is 9.95. The summed E-state index contributed by atoms with van der Waals surface area (Å²) >= 11 is 0. The summed E-state index contributed by atoms with van der Waals surface area (Å²) in [6.45, 7) is 4.64. The molecule has 1 unspecified atom stereocenters. The summed E-state index contributed by atoms with van der Waals surface area (Å²) in [4.78, 5) is 14.9. The monoisotopic (exact) mass is 377 g/mol. The van der Waals surface area contributed by atoms with Crippen LogP contribution in [-0.2, 0) is 0 Å². The molecule has 0 saturated carbocycles. The van der Waals surface area contributed by atoms with Crippen LogP contribution in [0.25, 0.3) is 11.3 Å². The zero-order chi connectivity index (χ0) is 19.8. The van der Waals surface area contributed by atoms with Crippen molar-refractivity contribution in [1.29, 1.82) is 0 Å². The molecular formula is C22H23N3O3. The number of aromatic nitrogens is 2. The third kappa shape index (κ3) is 2.81. The van der Waals surface area contributed by atoms with Crippen LogP contribution in [0.5, 0.6) is 11.5 Å². The van der Waals surface area contributed by atoms with Crippen LogP contribution in [0.4, 0.5) is 0 Å². The molecule has 0 radical (unpaired) electrons. The van der Waals surface area contributed by atoms with Crippen LogP contribution in [-0.4, -0.2) is 39.8 Å². The second kappa shape index (κ2) is 7.03. The molecule has 0 fully saturated rings. The highest BCUT2D eigenvalue weighted by atomic mass is 16.5. The number of nitrogens with zero attached hydrogens (tertiary/aromatic N) is 2. The van der Waals surface area contributed by atoms with Gasteiger partial charge in [-0.3, -0.25) is 9.89 Å². The van der Waals surface area contributed by atoms with E-state index in [1.165, 1.54) is 0 Å². The number of phenolic OH excluding ortho intramolecular Hbond substituents is 1. The van der Waals surface area contributed by atoms with Gasteiger partial charge < -0.3 is 14.7 Å². The predicted octanol–water partition coefficient (Wildman–Crippen LogP) is 4.05. The Hall–Kier alpha value is -3.28. The standard InChI is InChI=1S/C22H23N3O3/c1-4-10-25-21(14-6-5-7-15(12-14)28-3)18-19(23-24-20(18)22(25)27)16-11-13(2)8-9-17(16)26/h5-9,11-12,21,26H,4,10H2,1-3H3,(H,23,24). The van der Waals surface area contributed by atoms with Crippen molar-refractivity contribution in [1.82, 2.24) is 15.1 Å². The molecule has 3 aromatic rings. The van der Waals surface area contributed by atoms with Gasteiger partial charge in [0.2, 0.25) is 0 Å². The Kier molecular flexibility index (Phi) is 4.55. The molecule has 1 aliphatic heterocycles. The molecule has 6 heteroatoms. The number of carbonyl (C=O) groups is 1. The van der Waals surface area contributed by atoms with Crippen molar-refractivity contribution in [3.05, 3.63) is 64.8 Å². The van der Waals surface area contributed by atoms with E-state index in [9.17, 15) is 9.90 Å². The second-order valence-corrected chi connectivity index (χ2v) is 7.06. The number of hydrogen-bond acceptors (Lipinski definition) is 4. The molecule has 1 aromatic heterocycles. The first kappa shape index (κ1) is 18.1. The van der Waals surface area contributed by atoms with E-state index in [2.05, 4.69) is 10.2 Å². The Balaban J connectivity index is 1.92. The maximum atomic E-state index is 13.1. The van der Waals surface area contributed by atoms with Crippen LogP contribution in [0.1, 0.15) is 46.6 Å². The van der Waals surface area contributed by atoms with Gasteiger partial charge in [-0.15, -0.1) is 0 Å². The number of methoxy groups -OCH3 is 1. The normalized spacial score (nSPS) is 15.8. The lowest BCUT2D eigenvalue weighted by molar-refractivity contribution is 0.0744. The van der Waals surface area contributed by atoms with E-state index in [0.717, 1.165) is 28.9 Å². The summed E-state index contributed by atoms with van der Waals surface area (Å²) < 4.78 is 5.39. The lowest BCUT2D eigenvalue weighted by Gasteiger charge is -2.26. The fourth-order valence-corrected chi connectivity index (χ4v) is 3.87. The maximum Gasteiger partial charge on any atom is 0.273 e. The number of phenols is 1. The number of aromatic hydroxyl groups is 1. The average Bonchev–Trinajstić information content (AvgIpc) is 3.24. The molecule has 28 heavy (non-hydrogen) atoms. The minimum Gasteiger partial charge on any atom is -0.507 e. The van der Waals surface area contributed by atoms with Crippen molar-refractivity contribution < 1.29 is 14.6 Å². The number of fused-ring (bicyclic) bond motifs is 1. The Morgan fingerprint density at radius 1 is 1.25 bits per heavy atom. The van der Waals surface area contributed by atoms with E-state index < -0.39 is 0 Å². The van der Waals surface area contributed by atoms with E-state index in [1.54, 1.807) is 13.2 Å². The van der Waals surface area contributed by atoms with Crippen molar-refractivity contribution in [3.63, 3.8) is 0 Å². The molecule has 4 rings (SSSR count). The van der Waals surface area contributed by atoms with Crippen LogP contribution >= 0.6 is 0 Å². The zero-order valence-corrected chi connectivity index (χ0v) is 16.2. The fraction of sp³-hybridized carbons (Fsp3) is 0.273. The van der Waals surface area contributed by atoms with Gasteiger partial charge in [0.25, 0.3) is 5.91 Å². The summed E-state index contributed by atoms with van der Waals surface area (Å²) in [5.41, 5.74) is 4.48. The highest BCUT2D eigenvalue weighted by molar-refractivity contribution is 6.00. The smallest absolute Gasteiger partial charge is 0.273 e. The van der Waals surface area contributed by atoms with Crippen LogP contribution < -0.4 is 4.74 Å². The Bertz CT molecular complexity index is 1040. The van der Waals surface area contributed by atoms with Gasteiger partial charge in [0, 0.05) is 17.7 Å². The number of ether oxygens (including phenoxy) is 1. The summed E-state index contributed by atoms with van der Waals surface area (Å²) in [6.07, 6.45) is 0.842. The first-order chi connectivity index (χ1) is 13.5. The number of H-pyrrole nitrogens is 1. The number of rotatable bonds is 5. The van der Waals surface area contributed by atoms with Gasteiger partial charge in [0.15, 0.2) is 0 Å². The van der Waals surface area contributed by atoms with E-state index >= 15 is 0 Å². The minimum absolute atomic E-state index is 0.0736. The van der Waals surface area contributed by atoms with Crippen LogP contribution in [0, 0.1) is 6.92 Å². The van der Waals surface area contributed by atoms with Gasteiger partial charge in [-0.2, -0.15) is 5.10 Å². The van der Waals surface area contributed by atoms with Gasteiger partial charge in [-0.05, 0) is 43.2 Å². The third-order valence-corrected chi connectivity index (χ3v) is 5.15. The number of aryl methyl sites for hydroxylation is 1. The molecule has 0 bridgehead atoms. The highest BCUT2D eigenvalue weighted by Crippen LogP contribution is 2.45. The van der Waals surface area contributed by atoms with Gasteiger partial charge in [0.05, 0.1) is 13.2 Å². The van der Waals surface area contributed by atoms with Crippen LogP contribution in [0.15, 0.2) is 42.5 Å². The molecule has 1 atom stereocenters. The van der Waals surface area contributed by atoms with Crippen LogP contribution in [0.2, 0.25) is 0 Å². The molecule has 2 heterocycles. The first-order valence-corrected chi connectivity index (χ1v) is 9.38. The largest absolute Gasteiger partial charge is 0.507 e. The number of carbonyl (C=O) groups excluding carboxylic acids is 1. The third-order valence-electron chi connectivity index (χ3n) is 5.15. The summed E-state index contributed by atoms with van der Waals surface area (Å²) in [5.74, 6) is 0.805. The van der Waals surface area contributed by atoms with E-state index in [4.69, 9.17) is 4.74 Å². The van der Waals surface area contributed by atoms with Crippen molar-refractivity contribution in [2.45, 2.75) is 26.3 Å². The van der Waals surface area contributed by atoms with Crippen molar-refractivity contribution in [2.75, 3.05) is 13.7 Å². The first-order valence-electron chi connectivity index (χ1n) is 9.38. The lowest BCUT2D eigenvalue weighted by Crippen LogP contribution is -2.30. The van der Waals surface area contributed by atoms with Crippen molar-refractivity contribution in [3.8, 4) is 22.8 Å². The van der Waals surface area contributed by atoms with Crippen molar-refractivity contribution >= 4 is 5.91 Å². The van der Waals surface area contributed by atoms with E-state index in [-0.39, 0.29) is 17.7 Å². The topological polar surface area (TPSA) is 78.5 Å². The van der Waals surface area contributed by atoms with E-state index in [1.807, 2.05) is 55.1 Å². The molecule has 2 aromatic carbocycles. The number of hydrogen-bond donors (Lipinski definition) is 2. The molecule has 6 nitrogen and oxygen atoms in total. The molecule has 0 saturated heterocycles. The molecule has 1 aliphatic rings. The molecule has 1 amide bonds. The van der Waals surface area contributed by atoms with Gasteiger partial charge in [-0.25, -0.2) is 0 Å². The number of aromatic amines is 1.